The number of sulfonamides is 1. The Balaban J connectivity index is 1.85. The smallest absolute Gasteiger partial charge is 0.243 e. The molecule has 1 aromatic rings. The van der Waals surface area contributed by atoms with Crippen molar-refractivity contribution in [1.82, 2.24) is 15.1 Å². The fraction of sp³-hybridized carbons (Fsp3) is 0.611. The SMILES string of the molecule is C[C@H](C(=O)NCCCN1CCN(C)CC1)N(c1ccccc1)S(C)(=O)=O. The van der Waals surface area contributed by atoms with Gasteiger partial charge >= 0.3 is 0 Å². The number of rotatable bonds is 8. The van der Waals surface area contributed by atoms with Crippen molar-refractivity contribution >= 4 is 21.6 Å². The summed E-state index contributed by atoms with van der Waals surface area (Å²) in [6.45, 7) is 7.35. The predicted octanol–water partition coefficient (Wildman–Crippen LogP) is 0.595. The summed E-state index contributed by atoms with van der Waals surface area (Å²) in [5.74, 6) is -0.280. The summed E-state index contributed by atoms with van der Waals surface area (Å²) >= 11 is 0. The first-order valence-electron chi connectivity index (χ1n) is 9.02. The van der Waals surface area contributed by atoms with E-state index < -0.39 is 16.1 Å². The molecule has 0 saturated carbocycles. The van der Waals surface area contributed by atoms with Crippen LogP contribution in [0.25, 0.3) is 0 Å². The molecule has 2 rings (SSSR count). The molecule has 0 spiro atoms. The third-order valence-corrected chi connectivity index (χ3v) is 5.89. The quantitative estimate of drug-likeness (QED) is 0.667. The molecule has 1 N–H and O–H groups in total. The summed E-state index contributed by atoms with van der Waals surface area (Å²) in [6.07, 6.45) is 1.98. The van der Waals surface area contributed by atoms with Crippen molar-refractivity contribution in [3.8, 4) is 0 Å². The zero-order valence-corrected chi connectivity index (χ0v) is 16.7. The molecule has 26 heavy (non-hydrogen) atoms. The summed E-state index contributed by atoms with van der Waals surface area (Å²) in [4.78, 5) is 17.2. The molecule has 1 aliphatic heterocycles. The van der Waals surface area contributed by atoms with Crippen LogP contribution in [0.2, 0.25) is 0 Å². The average Bonchev–Trinajstić information content (AvgIpc) is 2.60. The number of hydrogen-bond acceptors (Lipinski definition) is 5. The van der Waals surface area contributed by atoms with E-state index in [1.165, 1.54) is 4.31 Å². The molecule has 1 saturated heterocycles. The Morgan fingerprint density at radius 3 is 2.38 bits per heavy atom. The molecule has 1 amide bonds. The minimum Gasteiger partial charge on any atom is -0.354 e. The number of para-hydroxylation sites is 1. The number of nitrogens with one attached hydrogen (secondary N) is 1. The van der Waals surface area contributed by atoms with E-state index in [2.05, 4.69) is 22.2 Å². The van der Waals surface area contributed by atoms with E-state index in [4.69, 9.17) is 0 Å². The lowest BCUT2D eigenvalue weighted by Gasteiger charge is -2.32. The van der Waals surface area contributed by atoms with Crippen molar-refractivity contribution in [2.45, 2.75) is 19.4 Å². The lowest BCUT2D eigenvalue weighted by Crippen LogP contribution is -2.48. The molecule has 1 aliphatic rings. The van der Waals surface area contributed by atoms with Gasteiger partial charge in [0.1, 0.15) is 6.04 Å². The Labute approximate surface area is 157 Å². The van der Waals surface area contributed by atoms with Gasteiger partial charge in [0.05, 0.1) is 11.9 Å². The second kappa shape index (κ2) is 9.34. The van der Waals surface area contributed by atoms with Crippen molar-refractivity contribution in [2.24, 2.45) is 0 Å². The molecule has 0 radical (unpaired) electrons. The highest BCUT2D eigenvalue weighted by Gasteiger charge is 2.28. The van der Waals surface area contributed by atoms with Crippen LogP contribution in [0.5, 0.6) is 0 Å². The monoisotopic (exact) mass is 382 g/mol. The second-order valence-corrected chi connectivity index (χ2v) is 8.72. The Hall–Kier alpha value is -1.64. The van der Waals surface area contributed by atoms with Crippen molar-refractivity contribution in [2.75, 3.05) is 56.9 Å². The van der Waals surface area contributed by atoms with E-state index in [-0.39, 0.29) is 5.91 Å². The molecule has 1 aromatic carbocycles. The van der Waals surface area contributed by atoms with Crippen LogP contribution in [0.3, 0.4) is 0 Å². The summed E-state index contributed by atoms with van der Waals surface area (Å²) in [5, 5.41) is 2.87. The normalized spacial score (nSPS) is 17.7. The van der Waals surface area contributed by atoms with E-state index >= 15 is 0 Å². The predicted molar refractivity (Wildman–Crippen MR) is 105 cm³/mol. The fourth-order valence-corrected chi connectivity index (χ4v) is 4.29. The number of hydrogen-bond donors (Lipinski definition) is 1. The highest BCUT2D eigenvalue weighted by atomic mass is 32.2. The standard InChI is InChI=1S/C18H30N4O3S/c1-16(22(26(3,24)25)17-8-5-4-6-9-17)18(23)19-10-7-11-21-14-12-20(2)13-15-21/h4-6,8-9,16H,7,10-15H2,1-3H3,(H,19,23)/t16-/m1/s1. The van der Waals surface area contributed by atoms with Gasteiger partial charge in [0.15, 0.2) is 0 Å². The number of benzene rings is 1. The van der Waals surface area contributed by atoms with Crippen LogP contribution in [0.1, 0.15) is 13.3 Å². The Morgan fingerprint density at radius 1 is 1.19 bits per heavy atom. The first-order chi connectivity index (χ1) is 12.3. The first-order valence-corrected chi connectivity index (χ1v) is 10.9. The lowest BCUT2D eigenvalue weighted by atomic mass is 10.2. The van der Waals surface area contributed by atoms with E-state index in [1.54, 1.807) is 31.2 Å². The topological polar surface area (TPSA) is 73.0 Å². The summed E-state index contributed by atoms with van der Waals surface area (Å²) in [6, 6.07) is 7.92. The van der Waals surface area contributed by atoms with Crippen molar-refractivity contribution in [3.63, 3.8) is 0 Å². The second-order valence-electron chi connectivity index (χ2n) is 6.86. The molecule has 0 aromatic heterocycles. The number of anilines is 1. The zero-order chi connectivity index (χ0) is 19.2. The molecule has 1 fully saturated rings. The van der Waals surface area contributed by atoms with Gasteiger partial charge in [0.25, 0.3) is 0 Å². The number of nitrogens with zero attached hydrogens (tertiary/aromatic N) is 3. The molecule has 8 heteroatoms. The molecule has 0 unspecified atom stereocenters. The molecule has 146 valence electrons. The summed E-state index contributed by atoms with van der Waals surface area (Å²) in [5.41, 5.74) is 0.495. The lowest BCUT2D eigenvalue weighted by molar-refractivity contribution is -0.121. The number of piperazine rings is 1. The number of likely N-dealkylation sites (N-methyl/N-ethyl adjacent to an activating group) is 1. The highest BCUT2D eigenvalue weighted by molar-refractivity contribution is 7.92. The van der Waals surface area contributed by atoms with Gasteiger partial charge in [-0.05, 0) is 39.1 Å². The van der Waals surface area contributed by atoms with Crippen LogP contribution in [0.15, 0.2) is 30.3 Å². The van der Waals surface area contributed by atoms with Gasteiger partial charge in [-0.1, -0.05) is 18.2 Å². The van der Waals surface area contributed by atoms with E-state index in [9.17, 15) is 13.2 Å². The van der Waals surface area contributed by atoms with Crippen LogP contribution in [-0.4, -0.2) is 82.7 Å². The van der Waals surface area contributed by atoms with Gasteiger partial charge in [-0.25, -0.2) is 8.42 Å². The maximum absolute atomic E-state index is 12.5. The first kappa shape index (κ1) is 20.7. The van der Waals surface area contributed by atoms with Gasteiger partial charge in [-0.3, -0.25) is 9.10 Å². The van der Waals surface area contributed by atoms with Crippen molar-refractivity contribution in [1.29, 1.82) is 0 Å². The average molecular weight is 383 g/mol. The van der Waals surface area contributed by atoms with E-state index in [1.807, 2.05) is 6.07 Å². The van der Waals surface area contributed by atoms with Gasteiger partial charge in [-0.15, -0.1) is 0 Å². The number of carbonyl (C=O) groups excluding carboxylic acids is 1. The van der Waals surface area contributed by atoms with Gasteiger partial charge in [-0.2, -0.15) is 0 Å². The zero-order valence-electron chi connectivity index (χ0n) is 15.9. The van der Waals surface area contributed by atoms with Crippen molar-refractivity contribution in [3.05, 3.63) is 30.3 Å². The van der Waals surface area contributed by atoms with Crippen LogP contribution in [0, 0.1) is 0 Å². The molecular weight excluding hydrogens is 352 g/mol. The summed E-state index contributed by atoms with van der Waals surface area (Å²) in [7, 11) is -1.43. The summed E-state index contributed by atoms with van der Waals surface area (Å²) < 4.78 is 25.5. The van der Waals surface area contributed by atoms with Gasteiger partial charge < -0.3 is 15.1 Å². The third kappa shape index (κ3) is 5.96. The number of carbonyl (C=O) groups is 1. The Kier molecular flexibility index (Phi) is 7.43. The molecule has 7 nitrogen and oxygen atoms in total. The maximum Gasteiger partial charge on any atom is 0.243 e. The maximum atomic E-state index is 12.5. The van der Waals surface area contributed by atoms with Crippen LogP contribution < -0.4 is 9.62 Å². The minimum atomic E-state index is -3.56. The molecule has 0 aliphatic carbocycles. The molecular formula is C18H30N4O3S. The fourth-order valence-electron chi connectivity index (χ4n) is 3.12. The highest BCUT2D eigenvalue weighted by Crippen LogP contribution is 2.20. The Morgan fingerprint density at radius 2 is 1.81 bits per heavy atom. The van der Waals surface area contributed by atoms with Crippen molar-refractivity contribution < 1.29 is 13.2 Å². The molecule has 1 atom stereocenters. The van der Waals surface area contributed by atoms with Gasteiger partial charge in [0, 0.05) is 32.7 Å². The minimum absolute atomic E-state index is 0.280. The van der Waals surface area contributed by atoms with E-state index in [0.29, 0.717) is 12.2 Å². The van der Waals surface area contributed by atoms with Crippen LogP contribution >= 0.6 is 0 Å². The van der Waals surface area contributed by atoms with Gasteiger partial charge in [0.2, 0.25) is 15.9 Å². The molecule has 1 heterocycles. The molecule has 0 bridgehead atoms. The Bertz CT molecular complexity index is 673. The van der Waals surface area contributed by atoms with Crippen LogP contribution in [-0.2, 0) is 14.8 Å². The third-order valence-electron chi connectivity index (χ3n) is 4.65. The van der Waals surface area contributed by atoms with Crippen LogP contribution in [0.4, 0.5) is 5.69 Å². The number of amides is 1. The largest absolute Gasteiger partial charge is 0.354 e. The van der Waals surface area contributed by atoms with E-state index in [0.717, 1.165) is 45.4 Å².